The molecule has 0 aliphatic heterocycles. The largest absolute Gasteiger partial charge is 0.455 e. The Morgan fingerprint density at radius 2 is 2.22 bits per heavy atom. The first-order chi connectivity index (χ1) is 11.0. The molecule has 0 aliphatic carbocycles. The molecule has 2 aromatic rings. The second-order valence-corrected chi connectivity index (χ2v) is 5.88. The average molecular weight is 386 g/mol. The van der Waals surface area contributed by atoms with Gasteiger partial charge in [-0.25, -0.2) is 9.48 Å². The maximum Gasteiger partial charge on any atom is 0.342 e. The zero-order valence-corrected chi connectivity index (χ0v) is 15.2. The highest BCUT2D eigenvalue weighted by Crippen LogP contribution is 2.17. The number of halogens is 1. The minimum atomic E-state index is -0.422. The van der Waals surface area contributed by atoms with Gasteiger partial charge in [-0.1, -0.05) is 5.21 Å². The lowest BCUT2D eigenvalue weighted by Gasteiger charge is -2.09. The molecule has 8 nitrogen and oxygen atoms in total. The van der Waals surface area contributed by atoms with Crippen LogP contribution in [0.2, 0.25) is 0 Å². The van der Waals surface area contributed by atoms with Crippen molar-refractivity contribution < 1.29 is 14.3 Å². The first-order valence-corrected chi connectivity index (χ1v) is 8.06. The smallest absolute Gasteiger partial charge is 0.342 e. The summed E-state index contributed by atoms with van der Waals surface area (Å²) in [5.74, 6) is -0.422. The lowest BCUT2D eigenvalue weighted by Crippen LogP contribution is -2.12. The van der Waals surface area contributed by atoms with E-state index in [0.29, 0.717) is 29.0 Å². The maximum absolute atomic E-state index is 12.3. The summed E-state index contributed by atoms with van der Waals surface area (Å²) in [6, 6.07) is 0.0418. The molecule has 126 valence electrons. The lowest BCUT2D eigenvalue weighted by molar-refractivity contribution is 0.0460. The molecule has 0 saturated heterocycles. The van der Waals surface area contributed by atoms with E-state index in [1.807, 2.05) is 13.8 Å². The highest BCUT2D eigenvalue weighted by molar-refractivity contribution is 9.10. The van der Waals surface area contributed by atoms with E-state index in [4.69, 9.17) is 9.47 Å². The number of rotatable bonds is 7. The van der Waals surface area contributed by atoms with Crippen LogP contribution < -0.4 is 0 Å². The molecule has 23 heavy (non-hydrogen) atoms. The molecular weight excluding hydrogens is 366 g/mol. The lowest BCUT2D eigenvalue weighted by atomic mass is 10.3. The fraction of sp³-hybridized carbons (Fsp3) is 0.571. The Bertz CT molecular complexity index is 682. The van der Waals surface area contributed by atoms with Crippen LogP contribution in [0.3, 0.4) is 0 Å². The number of carbonyl (C=O) groups excluding carboxylic acids is 1. The van der Waals surface area contributed by atoms with E-state index in [0.717, 1.165) is 5.69 Å². The van der Waals surface area contributed by atoms with Crippen molar-refractivity contribution in [2.75, 3.05) is 13.7 Å². The van der Waals surface area contributed by atoms with Gasteiger partial charge < -0.3 is 9.47 Å². The summed E-state index contributed by atoms with van der Waals surface area (Å²) in [7, 11) is 1.63. The van der Waals surface area contributed by atoms with Crippen molar-refractivity contribution in [1.29, 1.82) is 0 Å². The Hall–Kier alpha value is -1.74. The standard InChI is InChI=1S/C14H20BrN5O3/c1-5-19-12(13(15)16-18-19)8-23-14(21)11-6-20(17-10(11)3)9(2)7-22-4/h6,9H,5,7-8H2,1-4H3. The number of esters is 1. The van der Waals surface area contributed by atoms with Gasteiger partial charge in [0.05, 0.1) is 18.3 Å². The zero-order valence-electron chi connectivity index (χ0n) is 13.6. The van der Waals surface area contributed by atoms with Crippen molar-refractivity contribution in [3.8, 4) is 0 Å². The minimum absolute atomic E-state index is 0.0418. The van der Waals surface area contributed by atoms with Crippen LogP contribution in [0.4, 0.5) is 0 Å². The van der Waals surface area contributed by atoms with Crippen molar-refractivity contribution >= 4 is 21.9 Å². The monoisotopic (exact) mass is 385 g/mol. The summed E-state index contributed by atoms with van der Waals surface area (Å²) in [6.07, 6.45) is 1.69. The van der Waals surface area contributed by atoms with E-state index in [1.54, 1.807) is 29.6 Å². The van der Waals surface area contributed by atoms with Crippen LogP contribution >= 0.6 is 15.9 Å². The van der Waals surface area contributed by atoms with E-state index in [1.165, 1.54) is 0 Å². The molecule has 9 heteroatoms. The molecule has 2 heterocycles. The third-order valence-electron chi connectivity index (χ3n) is 3.43. The summed E-state index contributed by atoms with van der Waals surface area (Å²) < 4.78 is 14.4. The van der Waals surface area contributed by atoms with Crippen molar-refractivity contribution in [2.24, 2.45) is 0 Å². The van der Waals surface area contributed by atoms with Gasteiger partial charge in [-0.05, 0) is 36.7 Å². The highest BCUT2D eigenvalue weighted by atomic mass is 79.9. The topological polar surface area (TPSA) is 84.1 Å². The number of hydrogen-bond donors (Lipinski definition) is 0. The number of aryl methyl sites for hydroxylation is 2. The molecule has 2 aromatic heterocycles. The van der Waals surface area contributed by atoms with Gasteiger partial charge in [0.1, 0.15) is 17.9 Å². The molecule has 0 bridgehead atoms. The predicted molar refractivity (Wildman–Crippen MR) is 86.1 cm³/mol. The van der Waals surface area contributed by atoms with Crippen LogP contribution in [-0.2, 0) is 22.6 Å². The van der Waals surface area contributed by atoms with Crippen molar-refractivity contribution in [3.05, 3.63) is 27.8 Å². The van der Waals surface area contributed by atoms with Gasteiger partial charge in [0.25, 0.3) is 0 Å². The number of ether oxygens (including phenoxy) is 2. The molecule has 0 fully saturated rings. The SMILES string of the molecule is CCn1nnc(Br)c1COC(=O)c1cn(C(C)COC)nc1C. The minimum Gasteiger partial charge on any atom is -0.455 e. The molecule has 2 rings (SSSR count). The van der Waals surface area contributed by atoms with Crippen LogP contribution in [0.1, 0.15) is 41.6 Å². The number of hydrogen-bond acceptors (Lipinski definition) is 6. The Morgan fingerprint density at radius 1 is 1.48 bits per heavy atom. The zero-order chi connectivity index (χ0) is 17.0. The summed E-state index contributed by atoms with van der Waals surface area (Å²) >= 11 is 3.30. The molecule has 0 aliphatic rings. The van der Waals surface area contributed by atoms with Gasteiger partial charge in [0.2, 0.25) is 0 Å². The molecule has 0 radical (unpaired) electrons. The molecule has 0 spiro atoms. The van der Waals surface area contributed by atoms with Crippen LogP contribution in [-0.4, -0.2) is 44.5 Å². The van der Waals surface area contributed by atoms with Gasteiger partial charge in [-0.2, -0.15) is 5.10 Å². The van der Waals surface area contributed by atoms with Gasteiger partial charge in [0, 0.05) is 19.9 Å². The molecule has 0 saturated carbocycles. The quantitative estimate of drug-likeness (QED) is 0.678. The summed E-state index contributed by atoms with van der Waals surface area (Å²) in [6.45, 7) is 6.95. The van der Waals surface area contributed by atoms with E-state index >= 15 is 0 Å². The van der Waals surface area contributed by atoms with Gasteiger partial charge in [0.15, 0.2) is 4.60 Å². The van der Waals surface area contributed by atoms with E-state index in [2.05, 4.69) is 31.3 Å². The fourth-order valence-electron chi connectivity index (χ4n) is 2.14. The van der Waals surface area contributed by atoms with Crippen LogP contribution in [0, 0.1) is 6.92 Å². The summed E-state index contributed by atoms with van der Waals surface area (Å²) in [5.41, 5.74) is 1.79. The summed E-state index contributed by atoms with van der Waals surface area (Å²) in [5, 5.41) is 12.2. The molecule has 1 unspecified atom stereocenters. The normalized spacial score (nSPS) is 12.4. The maximum atomic E-state index is 12.3. The van der Waals surface area contributed by atoms with E-state index < -0.39 is 5.97 Å². The van der Waals surface area contributed by atoms with Crippen LogP contribution in [0.25, 0.3) is 0 Å². The number of carbonyl (C=O) groups is 1. The average Bonchev–Trinajstić information content (AvgIpc) is 3.08. The first-order valence-electron chi connectivity index (χ1n) is 7.27. The Kier molecular flexibility index (Phi) is 5.89. The van der Waals surface area contributed by atoms with Crippen molar-refractivity contribution in [3.63, 3.8) is 0 Å². The third kappa shape index (κ3) is 3.97. The number of nitrogens with zero attached hydrogens (tertiary/aromatic N) is 5. The first kappa shape index (κ1) is 17.6. The second-order valence-electron chi connectivity index (χ2n) is 5.13. The van der Waals surface area contributed by atoms with Crippen LogP contribution in [0.5, 0.6) is 0 Å². The fourth-order valence-corrected chi connectivity index (χ4v) is 2.53. The molecule has 0 N–H and O–H groups in total. The van der Waals surface area contributed by atoms with Gasteiger partial charge in [-0.3, -0.25) is 4.68 Å². The van der Waals surface area contributed by atoms with E-state index in [-0.39, 0.29) is 12.6 Å². The van der Waals surface area contributed by atoms with Gasteiger partial charge >= 0.3 is 5.97 Å². The number of methoxy groups -OCH3 is 1. The predicted octanol–water partition coefficient (Wildman–Crippen LogP) is 2.13. The second kappa shape index (κ2) is 7.69. The molecular formula is C14H20BrN5O3. The van der Waals surface area contributed by atoms with E-state index in [9.17, 15) is 4.79 Å². The van der Waals surface area contributed by atoms with Crippen molar-refractivity contribution in [2.45, 2.75) is 40.0 Å². The van der Waals surface area contributed by atoms with Crippen molar-refractivity contribution in [1.82, 2.24) is 24.8 Å². The third-order valence-corrected chi connectivity index (χ3v) is 4.04. The molecule has 1 atom stereocenters. The Morgan fingerprint density at radius 3 is 2.87 bits per heavy atom. The molecule has 0 aromatic carbocycles. The Labute approximate surface area is 142 Å². The highest BCUT2D eigenvalue weighted by Gasteiger charge is 2.19. The number of aromatic nitrogens is 5. The Balaban J connectivity index is 2.07. The summed E-state index contributed by atoms with van der Waals surface area (Å²) in [4.78, 5) is 12.3. The van der Waals surface area contributed by atoms with Gasteiger partial charge in [-0.15, -0.1) is 5.10 Å². The van der Waals surface area contributed by atoms with Crippen LogP contribution in [0.15, 0.2) is 10.8 Å². The molecule has 0 amide bonds.